The van der Waals surface area contributed by atoms with E-state index in [4.69, 9.17) is 14.6 Å². The first-order valence-electron chi connectivity index (χ1n) is 6.38. The van der Waals surface area contributed by atoms with Crippen LogP contribution in [-0.4, -0.2) is 49.3 Å². The van der Waals surface area contributed by atoms with Gasteiger partial charge in [-0.1, -0.05) is 0 Å². The lowest BCUT2D eigenvalue weighted by molar-refractivity contribution is -0.132. The van der Waals surface area contributed by atoms with E-state index >= 15 is 0 Å². The zero-order valence-electron chi connectivity index (χ0n) is 11.0. The summed E-state index contributed by atoms with van der Waals surface area (Å²) in [6.07, 6.45) is 0.866. The largest absolute Gasteiger partial charge is 0.497 e. The van der Waals surface area contributed by atoms with Crippen LogP contribution < -0.4 is 9.47 Å². The second-order valence-electron chi connectivity index (χ2n) is 4.64. The molecule has 104 valence electrons. The van der Waals surface area contributed by atoms with Crippen molar-refractivity contribution >= 4 is 5.91 Å². The molecule has 1 saturated heterocycles. The third-order valence-electron chi connectivity index (χ3n) is 3.32. The molecule has 1 aliphatic rings. The minimum absolute atomic E-state index is 0.0322. The molecule has 0 aromatic heterocycles. The van der Waals surface area contributed by atoms with Crippen LogP contribution in [0.25, 0.3) is 0 Å². The van der Waals surface area contributed by atoms with Gasteiger partial charge in [-0.2, -0.15) is 0 Å². The summed E-state index contributed by atoms with van der Waals surface area (Å²) in [7, 11) is 1.60. The number of carbonyl (C=O) groups excluding carboxylic acids is 1. The first kappa shape index (κ1) is 13.7. The molecule has 1 heterocycles. The van der Waals surface area contributed by atoms with E-state index in [0.717, 1.165) is 12.2 Å². The van der Waals surface area contributed by atoms with Gasteiger partial charge in [-0.15, -0.1) is 0 Å². The van der Waals surface area contributed by atoms with Crippen LogP contribution in [0.1, 0.15) is 6.42 Å². The van der Waals surface area contributed by atoms with E-state index in [9.17, 15) is 4.79 Å². The Bertz CT molecular complexity index is 418. The fourth-order valence-corrected chi connectivity index (χ4v) is 2.12. The Morgan fingerprint density at radius 3 is 2.63 bits per heavy atom. The second kappa shape index (κ2) is 6.43. The summed E-state index contributed by atoms with van der Waals surface area (Å²) in [6, 6.07) is 7.12. The van der Waals surface area contributed by atoms with Gasteiger partial charge in [-0.25, -0.2) is 0 Å². The molecule has 1 aromatic rings. The first-order chi connectivity index (χ1) is 9.22. The summed E-state index contributed by atoms with van der Waals surface area (Å²) < 4.78 is 10.5. The van der Waals surface area contributed by atoms with E-state index < -0.39 is 0 Å². The molecular weight excluding hydrogens is 246 g/mol. The second-order valence-corrected chi connectivity index (χ2v) is 4.64. The lowest BCUT2D eigenvalue weighted by Crippen LogP contribution is -2.33. The maximum atomic E-state index is 11.9. The van der Waals surface area contributed by atoms with Crippen molar-refractivity contribution in [1.29, 1.82) is 0 Å². The Kier molecular flexibility index (Phi) is 4.63. The van der Waals surface area contributed by atoms with Crippen molar-refractivity contribution < 1.29 is 19.4 Å². The SMILES string of the molecule is COc1ccc(OCC(=O)N2CCC(CO)C2)cc1. The number of nitrogens with zero attached hydrogens (tertiary/aromatic N) is 1. The number of ether oxygens (including phenoxy) is 2. The Labute approximate surface area is 112 Å². The summed E-state index contributed by atoms with van der Waals surface area (Å²) >= 11 is 0. The molecule has 2 rings (SSSR count). The predicted molar refractivity (Wildman–Crippen MR) is 70.3 cm³/mol. The van der Waals surface area contributed by atoms with Crippen LogP contribution in [0.2, 0.25) is 0 Å². The van der Waals surface area contributed by atoms with Crippen molar-refractivity contribution in [3.63, 3.8) is 0 Å². The average molecular weight is 265 g/mol. The molecule has 1 atom stereocenters. The van der Waals surface area contributed by atoms with Crippen LogP contribution in [0.5, 0.6) is 11.5 Å². The number of aliphatic hydroxyl groups is 1. The van der Waals surface area contributed by atoms with Crippen LogP contribution >= 0.6 is 0 Å². The molecule has 0 bridgehead atoms. The van der Waals surface area contributed by atoms with E-state index in [1.165, 1.54) is 0 Å². The lowest BCUT2D eigenvalue weighted by Gasteiger charge is -2.16. The molecule has 1 unspecified atom stereocenters. The molecule has 0 spiro atoms. The lowest BCUT2D eigenvalue weighted by atomic mass is 10.1. The molecule has 0 radical (unpaired) electrons. The van der Waals surface area contributed by atoms with Gasteiger partial charge in [-0.05, 0) is 30.7 Å². The van der Waals surface area contributed by atoms with Crippen molar-refractivity contribution in [3.05, 3.63) is 24.3 Å². The number of amides is 1. The standard InChI is InChI=1S/C14H19NO4/c1-18-12-2-4-13(5-3-12)19-10-14(17)15-7-6-11(8-15)9-16/h2-5,11,16H,6-10H2,1H3. The number of aliphatic hydroxyl groups excluding tert-OH is 1. The van der Waals surface area contributed by atoms with E-state index in [2.05, 4.69) is 0 Å². The van der Waals surface area contributed by atoms with Gasteiger partial charge in [0.05, 0.1) is 7.11 Å². The minimum Gasteiger partial charge on any atom is -0.497 e. The first-order valence-corrected chi connectivity index (χ1v) is 6.38. The number of methoxy groups -OCH3 is 1. The quantitative estimate of drug-likeness (QED) is 0.860. The predicted octanol–water partition coefficient (Wildman–Crippen LogP) is 0.915. The van der Waals surface area contributed by atoms with Crippen molar-refractivity contribution in [2.45, 2.75) is 6.42 Å². The number of benzene rings is 1. The Morgan fingerprint density at radius 1 is 1.37 bits per heavy atom. The van der Waals surface area contributed by atoms with E-state index in [-0.39, 0.29) is 25.0 Å². The molecule has 5 heteroatoms. The molecule has 1 aromatic carbocycles. The zero-order chi connectivity index (χ0) is 13.7. The summed E-state index contributed by atoms with van der Waals surface area (Å²) in [6.45, 7) is 1.50. The highest BCUT2D eigenvalue weighted by molar-refractivity contribution is 5.78. The summed E-state index contributed by atoms with van der Waals surface area (Å²) in [5.74, 6) is 1.58. The van der Waals surface area contributed by atoms with Gasteiger partial charge >= 0.3 is 0 Å². The number of rotatable bonds is 5. The molecule has 0 aliphatic carbocycles. The van der Waals surface area contributed by atoms with Gasteiger partial charge < -0.3 is 19.5 Å². The monoisotopic (exact) mass is 265 g/mol. The highest BCUT2D eigenvalue weighted by Crippen LogP contribution is 2.18. The fraction of sp³-hybridized carbons (Fsp3) is 0.500. The van der Waals surface area contributed by atoms with Crippen molar-refractivity contribution in [2.24, 2.45) is 5.92 Å². The van der Waals surface area contributed by atoms with Crippen molar-refractivity contribution in [3.8, 4) is 11.5 Å². The smallest absolute Gasteiger partial charge is 0.260 e. The van der Waals surface area contributed by atoms with Gasteiger partial charge in [0.2, 0.25) is 0 Å². The Balaban J connectivity index is 1.80. The number of hydrogen-bond donors (Lipinski definition) is 1. The summed E-state index contributed by atoms with van der Waals surface area (Å²) in [5, 5.41) is 9.04. The molecule has 1 fully saturated rings. The van der Waals surface area contributed by atoms with Gasteiger partial charge in [-0.3, -0.25) is 4.79 Å². The van der Waals surface area contributed by atoms with Crippen molar-refractivity contribution in [1.82, 2.24) is 4.90 Å². The topological polar surface area (TPSA) is 59.0 Å². The fourth-order valence-electron chi connectivity index (χ4n) is 2.12. The van der Waals surface area contributed by atoms with E-state index in [1.807, 2.05) is 0 Å². The van der Waals surface area contributed by atoms with E-state index in [0.29, 0.717) is 18.8 Å². The Hall–Kier alpha value is -1.75. The number of hydrogen-bond acceptors (Lipinski definition) is 4. The summed E-state index contributed by atoms with van der Waals surface area (Å²) in [5.41, 5.74) is 0. The maximum absolute atomic E-state index is 11.9. The minimum atomic E-state index is -0.0354. The van der Waals surface area contributed by atoms with Gasteiger partial charge in [0.15, 0.2) is 6.61 Å². The molecule has 1 aliphatic heterocycles. The van der Waals surface area contributed by atoms with Crippen LogP contribution in [-0.2, 0) is 4.79 Å². The normalized spacial score (nSPS) is 18.4. The third kappa shape index (κ3) is 3.61. The van der Waals surface area contributed by atoms with Gasteiger partial charge in [0, 0.05) is 25.6 Å². The molecular formula is C14H19NO4. The molecule has 1 N–H and O–H groups in total. The van der Waals surface area contributed by atoms with Crippen LogP contribution in [0, 0.1) is 5.92 Å². The molecule has 19 heavy (non-hydrogen) atoms. The molecule has 5 nitrogen and oxygen atoms in total. The molecule has 0 saturated carbocycles. The Morgan fingerprint density at radius 2 is 2.05 bits per heavy atom. The number of likely N-dealkylation sites (tertiary alicyclic amines) is 1. The third-order valence-corrected chi connectivity index (χ3v) is 3.32. The van der Waals surface area contributed by atoms with Crippen LogP contribution in [0.15, 0.2) is 24.3 Å². The highest BCUT2D eigenvalue weighted by Gasteiger charge is 2.25. The van der Waals surface area contributed by atoms with Crippen LogP contribution in [0.3, 0.4) is 0 Å². The summed E-state index contributed by atoms with van der Waals surface area (Å²) in [4.78, 5) is 13.6. The van der Waals surface area contributed by atoms with Gasteiger partial charge in [0.1, 0.15) is 11.5 Å². The van der Waals surface area contributed by atoms with E-state index in [1.54, 1.807) is 36.3 Å². The number of carbonyl (C=O) groups is 1. The zero-order valence-corrected chi connectivity index (χ0v) is 11.0. The van der Waals surface area contributed by atoms with Crippen LogP contribution in [0.4, 0.5) is 0 Å². The maximum Gasteiger partial charge on any atom is 0.260 e. The molecule has 1 amide bonds. The van der Waals surface area contributed by atoms with Crippen molar-refractivity contribution in [2.75, 3.05) is 33.4 Å². The highest BCUT2D eigenvalue weighted by atomic mass is 16.5. The van der Waals surface area contributed by atoms with Gasteiger partial charge in [0.25, 0.3) is 5.91 Å². The average Bonchev–Trinajstić information content (AvgIpc) is 2.94.